The highest BCUT2D eigenvalue weighted by Gasteiger charge is 2.43. The van der Waals surface area contributed by atoms with E-state index in [1.165, 1.54) is 12.1 Å². The maximum Gasteiger partial charge on any atom is 0.135 e. The maximum absolute atomic E-state index is 14.2. The summed E-state index contributed by atoms with van der Waals surface area (Å²) in [6.45, 7) is 3.66. The Kier molecular flexibility index (Phi) is 3.99. The molecule has 0 aliphatic carbocycles. The zero-order chi connectivity index (χ0) is 17.7. The zero-order valence-electron chi connectivity index (χ0n) is 14.3. The molecule has 5 rings (SSSR count). The number of hydrogen-bond donors (Lipinski definition) is 0. The van der Waals surface area contributed by atoms with Gasteiger partial charge in [0.05, 0.1) is 24.4 Å². The lowest BCUT2D eigenvalue weighted by molar-refractivity contribution is -0.00870. The number of ether oxygens (including phenoxy) is 2. The number of benzene rings is 1. The molecule has 2 saturated heterocycles. The van der Waals surface area contributed by atoms with E-state index in [0.717, 1.165) is 50.9 Å². The molecule has 0 N–H and O–H groups in total. The van der Waals surface area contributed by atoms with Crippen molar-refractivity contribution in [2.45, 2.75) is 37.6 Å². The third kappa shape index (κ3) is 2.64. The Morgan fingerprint density at radius 1 is 1.12 bits per heavy atom. The van der Waals surface area contributed by atoms with Gasteiger partial charge in [-0.3, -0.25) is 4.90 Å². The summed E-state index contributed by atoms with van der Waals surface area (Å²) in [5.74, 6) is -1.24. The Labute approximate surface area is 149 Å². The van der Waals surface area contributed by atoms with E-state index in [1.807, 2.05) is 4.68 Å². The van der Waals surface area contributed by atoms with Crippen LogP contribution in [0.5, 0.6) is 0 Å². The van der Waals surface area contributed by atoms with Gasteiger partial charge in [-0.15, -0.1) is 5.10 Å². The van der Waals surface area contributed by atoms with Crippen LogP contribution in [-0.2, 0) is 16.1 Å². The summed E-state index contributed by atoms with van der Waals surface area (Å²) in [6.07, 6.45) is 2.14. The van der Waals surface area contributed by atoms with E-state index in [1.54, 1.807) is 0 Å². The Morgan fingerprint density at radius 3 is 2.77 bits per heavy atom. The standard InChI is InChI=1S/C18H20F2N4O2/c19-11-1-2-13(14(20)7-11)18-16-10-26-17-9-23(12-3-5-25-6-4-12)8-15(17)24(16)22-21-18/h1-2,7,12,15,17H,3-6,8-10H2/t15-,17-/m1/s1. The average Bonchev–Trinajstić information content (AvgIpc) is 3.26. The quantitative estimate of drug-likeness (QED) is 0.820. The van der Waals surface area contributed by atoms with Gasteiger partial charge in [-0.25, -0.2) is 13.5 Å². The van der Waals surface area contributed by atoms with Crippen molar-refractivity contribution in [1.82, 2.24) is 19.9 Å². The summed E-state index contributed by atoms with van der Waals surface area (Å²) in [6, 6.07) is 4.10. The molecular weight excluding hydrogens is 342 g/mol. The van der Waals surface area contributed by atoms with Gasteiger partial charge >= 0.3 is 0 Å². The van der Waals surface area contributed by atoms with Gasteiger partial charge in [-0.05, 0) is 25.0 Å². The first-order chi connectivity index (χ1) is 12.7. The van der Waals surface area contributed by atoms with E-state index in [2.05, 4.69) is 15.2 Å². The average molecular weight is 362 g/mol. The number of hydrogen-bond acceptors (Lipinski definition) is 5. The molecule has 8 heteroatoms. The monoisotopic (exact) mass is 362 g/mol. The second-order valence-electron chi connectivity index (χ2n) is 7.17. The summed E-state index contributed by atoms with van der Waals surface area (Å²) >= 11 is 0. The zero-order valence-corrected chi connectivity index (χ0v) is 14.3. The SMILES string of the molecule is Fc1ccc(-c2nnn3c2CO[C@@H]2CN(C4CCOCC4)C[C@H]23)c(F)c1. The van der Waals surface area contributed by atoms with E-state index < -0.39 is 11.6 Å². The number of likely N-dealkylation sites (tertiary alicyclic amines) is 1. The van der Waals surface area contributed by atoms with E-state index in [4.69, 9.17) is 9.47 Å². The lowest BCUT2D eigenvalue weighted by Crippen LogP contribution is -2.38. The van der Waals surface area contributed by atoms with E-state index >= 15 is 0 Å². The van der Waals surface area contributed by atoms with Crippen molar-refractivity contribution in [2.24, 2.45) is 0 Å². The molecule has 1 aromatic heterocycles. The number of nitrogens with zero attached hydrogens (tertiary/aromatic N) is 4. The molecule has 3 aliphatic rings. The van der Waals surface area contributed by atoms with E-state index in [0.29, 0.717) is 18.3 Å². The third-order valence-corrected chi connectivity index (χ3v) is 5.70. The fraction of sp³-hybridized carbons (Fsp3) is 0.556. The first-order valence-corrected chi connectivity index (χ1v) is 9.03. The van der Waals surface area contributed by atoms with Gasteiger partial charge in [-0.1, -0.05) is 5.21 Å². The Balaban J connectivity index is 1.43. The molecule has 0 saturated carbocycles. The normalized spacial score (nSPS) is 26.7. The van der Waals surface area contributed by atoms with Crippen LogP contribution in [0.15, 0.2) is 18.2 Å². The highest BCUT2D eigenvalue weighted by molar-refractivity contribution is 5.62. The van der Waals surface area contributed by atoms with Crippen LogP contribution in [0.25, 0.3) is 11.3 Å². The van der Waals surface area contributed by atoms with Gasteiger partial charge in [0, 0.05) is 44.0 Å². The lowest BCUT2D eigenvalue weighted by atomic mass is 10.1. The van der Waals surface area contributed by atoms with Crippen LogP contribution in [0.1, 0.15) is 24.6 Å². The van der Waals surface area contributed by atoms with Crippen molar-refractivity contribution < 1.29 is 18.3 Å². The minimum Gasteiger partial charge on any atom is -0.381 e. The van der Waals surface area contributed by atoms with Crippen molar-refractivity contribution in [1.29, 1.82) is 0 Å². The van der Waals surface area contributed by atoms with Crippen LogP contribution in [-0.4, -0.2) is 58.3 Å². The maximum atomic E-state index is 14.2. The molecule has 0 amide bonds. The fourth-order valence-corrected chi connectivity index (χ4v) is 4.32. The molecule has 26 heavy (non-hydrogen) atoms. The molecule has 2 fully saturated rings. The van der Waals surface area contributed by atoms with Crippen LogP contribution >= 0.6 is 0 Å². The molecule has 0 unspecified atom stereocenters. The van der Waals surface area contributed by atoms with Crippen molar-refractivity contribution in [3.63, 3.8) is 0 Å². The number of fused-ring (bicyclic) bond motifs is 3. The van der Waals surface area contributed by atoms with E-state index in [9.17, 15) is 8.78 Å². The fourth-order valence-electron chi connectivity index (χ4n) is 4.32. The second kappa shape index (κ2) is 6.37. The molecule has 0 radical (unpaired) electrons. The summed E-state index contributed by atoms with van der Waals surface area (Å²) in [5.41, 5.74) is 1.45. The van der Waals surface area contributed by atoms with Gasteiger partial charge in [0.2, 0.25) is 0 Å². The summed E-state index contributed by atoms with van der Waals surface area (Å²) in [5, 5.41) is 8.48. The van der Waals surface area contributed by atoms with Crippen molar-refractivity contribution >= 4 is 0 Å². The Morgan fingerprint density at radius 2 is 1.96 bits per heavy atom. The van der Waals surface area contributed by atoms with Crippen molar-refractivity contribution in [2.75, 3.05) is 26.3 Å². The number of aromatic nitrogens is 3. The van der Waals surface area contributed by atoms with Crippen LogP contribution < -0.4 is 0 Å². The predicted molar refractivity (Wildman–Crippen MR) is 88.4 cm³/mol. The van der Waals surface area contributed by atoms with Crippen molar-refractivity contribution in [3.8, 4) is 11.3 Å². The third-order valence-electron chi connectivity index (χ3n) is 5.70. The minimum absolute atomic E-state index is 0.0676. The largest absolute Gasteiger partial charge is 0.381 e. The molecule has 1 aromatic carbocycles. The van der Waals surface area contributed by atoms with Crippen LogP contribution in [0, 0.1) is 11.6 Å². The summed E-state index contributed by atoms with van der Waals surface area (Å²) in [4.78, 5) is 2.45. The van der Waals surface area contributed by atoms with Gasteiger partial charge in [0.15, 0.2) is 0 Å². The molecule has 2 aromatic rings. The number of rotatable bonds is 2. The summed E-state index contributed by atoms with van der Waals surface area (Å²) in [7, 11) is 0. The molecule has 6 nitrogen and oxygen atoms in total. The van der Waals surface area contributed by atoms with Gasteiger partial charge in [0.25, 0.3) is 0 Å². The van der Waals surface area contributed by atoms with Gasteiger partial charge < -0.3 is 9.47 Å². The van der Waals surface area contributed by atoms with Gasteiger partial charge in [-0.2, -0.15) is 0 Å². The molecule has 4 heterocycles. The highest BCUT2D eigenvalue weighted by Crippen LogP contribution is 2.36. The molecule has 3 aliphatic heterocycles. The lowest BCUT2D eigenvalue weighted by Gasteiger charge is -2.30. The molecule has 0 spiro atoms. The first kappa shape index (κ1) is 16.3. The molecular formula is C18H20F2N4O2. The van der Waals surface area contributed by atoms with Crippen LogP contribution in [0.4, 0.5) is 8.78 Å². The van der Waals surface area contributed by atoms with Crippen molar-refractivity contribution in [3.05, 3.63) is 35.5 Å². The van der Waals surface area contributed by atoms with Gasteiger partial charge in [0.1, 0.15) is 17.3 Å². The Bertz CT molecular complexity index is 822. The molecule has 0 bridgehead atoms. The smallest absolute Gasteiger partial charge is 0.135 e. The topological polar surface area (TPSA) is 52.4 Å². The number of halogens is 2. The first-order valence-electron chi connectivity index (χ1n) is 9.03. The predicted octanol–water partition coefficient (Wildman–Crippen LogP) is 2.16. The van der Waals surface area contributed by atoms with E-state index in [-0.39, 0.29) is 17.7 Å². The highest BCUT2D eigenvalue weighted by atomic mass is 19.1. The molecule has 138 valence electrons. The Hall–Kier alpha value is -1.90. The summed E-state index contributed by atoms with van der Waals surface area (Å²) < 4.78 is 40.8. The molecule has 2 atom stereocenters. The minimum atomic E-state index is -0.634. The van der Waals surface area contributed by atoms with Crippen LogP contribution in [0.3, 0.4) is 0 Å². The van der Waals surface area contributed by atoms with Crippen LogP contribution in [0.2, 0.25) is 0 Å². The second-order valence-corrected chi connectivity index (χ2v) is 7.17.